The van der Waals surface area contributed by atoms with E-state index in [2.05, 4.69) is 10.5 Å². The van der Waals surface area contributed by atoms with Crippen molar-refractivity contribution in [2.45, 2.75) is 64.0 Å². The van der Waals surface area contributed by atoms with Crippen LogP contribution in [0.5, 0.6) is 5.75 Å². The molecule has 190 valence electrons. The lowest BCUT2D eigenvalue weighted by molar-refractivity contribution is -0.0956. The number of halogens is 2. The molecule has 2 bridgehead atoms. The van der Waals surface area contributed by atoms with Gasteiger partial charge in [0.25, 0.3) is 11.8 Å². The minimum Gasteiger partial charge on any atom is -0.503 e. The molecule has 1 aromatic heterocycles. The summed E-state index contributed by atoms with van der Waals surface area (Å²) in [6.45, 7) is 4.89. The van der Waals surface area contributed by atoms with E-state index >= 15 is 4.39 Å². The SMILES string of the molecule is CC1=NO[C@@]2(CC[C@H](C)N3C[C@H]2n2cc(C(=O)NCc4ccc(C)cc4F)c(=O)c(O)c2C3=O)[C@H]1F. The fraction of sp³-hybridized carbons (Fsp3) is 0.440. The average Bonchev–Trinajstić information content (AvgIpc) is 3.05. The predicted octanol–water partition coefficient (Wildman–Crippen LogP) is 2.59. The van der Waals surface area contributed by atoms with Gasteiger partial charge in [-0.15, -0.1) is 0 Å². The molecule has 9 nitrogen and oxygen atoms in total. The van der Waals surface area contributed by atoms with Crippen LogP contribution in [0.2, 0.25) is 0 Å². The van der Waals surface area contributed by atoms with Crippen LogP contribution < -0.4 is 10.7 Å². The lowest BCUT2D eigenvalue weighted by atomic mass is 9.82. The maximum atomic E-state index is 15.5. The molecule has 1 spiro atoms. The smallest absolute Gasteiger partial charge is 0.274 e. The molecule has 1 fully saturated rings. The van der Waals surface area contributed by atoms with Gasteiger partial charge in [0.15, 0.2) is 23.2 Å². The number of fused-ring (bicyclic) bond motifs is 5. The lowest BCUT2D eigenvalue weighted by Crippen LogP contribution is -2.55. The molecule has 2 aromatic rings. The highest BCUT2D eigenvalue weighted by Gasteiger charge is 2.59. The molecule has 2 amide bonds. The standard InChI is InChI=1S/C25H26F2N4O5/c1-12-4-5-15(17(26)8-12)9-28-23(34)16-10-31-18-11-30(24(35)19(31)21(33)20(16)32)13(2)6-7-25(18)22(27)14(3)29-36-25/h4-5,8,10,13,18,22,33H,6-7,9,11H2,1-3H3,(H,28,34)/t13-,18+,22-,25+/m0/s1. The molecule has 2 N–H and O–H groups in total. The molecular weight excluding hydrogens is 474 g/mol. The Morgan fingerprint density at radius 3 is 2.75 bits per heavy atom. The van der Waals surface area contributed by atoms with Crippen LogP contribution in [0.3, 0.4) is 0 Å². The second kappa shape index (κ2) is 8.42. The Morgan fingerprint density at radius 2 is 2.08 bits per heavy atom. The van der Waals surface area contributed by atoms with Crippen LogP contribution in [0.15, 0.2) is 34.3 Å². The Labute approximate surface area is 205 Å². The number of rotatable bonds is 3. The van der Waals surface area contributed by atoms with Gasteiger partial charge in [0.1, 0.15) is 11.4 Å². The maximum absolute atomic E-state index is 15.5. The molecule has 11 heteroatoms. The van der Waals surface area contributed by atoms with Gasteiger partial charge in [0.2, 0.25) is 5.43 Å². The van der Waals surface area contributed by atoms with Crippen LogP contribution in [0.4, 0.5) is 8.78 Å². The highest BCUT2D eigenvalue weighted by molar-refractivity contribution is 5.99. The first kappa shape index (κ1) is 24.0. The lowest BCUT2D eigenvalue weighted by Gasteiger charge is -2.42. The molecule has 4 atom stereocenters. The summed E-state index contributed by atoms with van der Waals surface area (Å²) >= 11 is 0. The number of oxime groups is 1. The van der Waals surface area contributed by atoms with Gasteiger partial charge < -0.3 is 24.7 Å². The number of aromatic nitrogens is 1. The van der Waals surface area contributed by atoms with E-state index in [0.717, 1.165) is 6.20 Å². The summed E-state index contributed by atoms with van der Waals surface area (Å²) in [5.41, 5.74) is -2.22. The van der Waals surface area contributed by atoms with Crippen molar-refractivity contribution < 1.29 is 28.3 Å². The fourth-order valence-electron chi connectivity index (χ4n) is 5.33. The molecule has 0 aliphatic carbocycles. The molecule has 0 unspecified atom stereocenters. The van der Waals surface area contributed by atoms with Crippen molar-refractivity contribution in [1.82, 2.24) is 14.8 Å². The molecule has 4 heterocycles. The highest BCUT2D eigenvalue weighted by atomic mass is 19.1. The Hall–Kier alpha value is -3.76. The average molecular weight is 501 g/mol. The zero-order chi connectivity index (χ0) is 25.9. The minimum absolute atomic E-state index is 0.0498. The van der Waals surface area contributed by atoms with Gasteiger partial charge in [-0.2, -0.15) is 0 Å². The van der Waals surface area contributed by atoms with Gasteiger partial charge >= 0.3 is 0 Å². The first-order valence-electron chi connectivity index (χ1n) is 11.7. The first-order chi connectivity index (χ1) is 17.0. The van der Waals surface area contributed by atoms with Crippen LogP contribution in [0, 0.1) is 12.7 Å². The summed E-state index contributed by atoms with van der Waals surface area (Å²) < 4.78 is 31.0. The van der Waals surface area contributed by atoms with Gasteiger partial charge in [0, 0.05) is 30.9 Å². The van der Waals surface area contributed by atoms with Crippen LogP contribution in [-0.4, -0.2) is 56.5 Å². The number of benzene rings is 1. The third-order valence-corrected chi connectivity index (χ3v) is 7.48. The number of hydrogen-bond acceptors (Lipinski definition) is 6. The van der Waals surface area contributed by atoms with Crippen LogP contribution in [0.25, 0.3) is 0 Å². The summed E-state index contributed by atoms with van der Waals surface area (Å²) in [7, 11) is 0. The number of pyridine rings is 1. The fourth-order valence-corrected chi connectivity index (χ4v) is 5.33. The van der Waals surface area contributed by atoms with Crippen molar-refractivity contribution in [2.75, 3.05) is 6.54 Å². The van der Waals surface area contributed by atoms with Gasteiger partial charge in [0.05, 0.1) is 11.8 Å². The van der Waals surface area contributed by atoms with E-state index in [0.29, 0.717) is 12.0 Å². The summed E-state index contributed by atoms with van der Waals surface area (Å²) in [6, 6.07) is 3.37. The van der Waals surface area contributed by atoms with E-state index < -0.39 is 52.2 Å². The number of carbonyl (C=O) groups is 2. The number of alkyl halides is 1. The molecule has 0 saturated carbocycles. The number of amides is 2. The van der Waals surface area contributed by atoms with Crippen molar-refractivity contribution in [3.8, 4) is 5.75 Å². The predicted molar refractivity (Wildman–Crippen MR) is 125 cm³/mol. The zero-order valence-electron chi connectivity index (χ0n) is 20.0. The van der Waals surface area contributed by atoms with Crippen molar-refractivity contribution >= 4 is 17.5 Å². The zero-order valence-corrected chi connectivity index (χ0v) is 20.0. The van der Waals surface area contributed by atoms with Gasteiger partial charge in [-0.1, -0.05) is 17.3 Å². The van der Waals surface area contributed by atoms with Gasteiger partial charge in [-0.25, -0.2) is 8.78 Å². The molecule has 1 aromatic carbocycles. The second-order valence-electron chi connectivity index (χ2n) is 9.76. The molecule has 3 aliphatic heterocycles. The quantitative estimate of drug-likeness (QED) is 0.673. The number of nitrogens with zero attached hydrogens (tertiary/aromatic N) is 3. The highest BCUT2D eigenvalue weighted by Crippen LogP contribution is 2.47. The molecule has 0 radical (unpaired) electrons. The summed E-state index contributed by atoms with van der Waals surface area (Å²) in [4.78, 5) is 46.4. The van der Waals surface area contributed by atoms with E-state index in [-0.39, 0.29) is 42.5 Å². The summed E-state index contributed by atoms with van der Waals surface area (Å²) in [5.74, 6) is -2.87. The Bertz CT molecular complexity index is 1370. The van der Waals surface area contributed by atoms with Crippen molar-refractivity contribution in [3.63, 3.8) is 0 Å². The monoisotopic (exact) mass is 500 g/mol. The van der Waals surface area contributed by atoms with E-state index in [4.69, 9.17) is 4.84 Å². The number of hydrogen-bond donors (Lipinski definition) is 2. The topological polar surface area (TPSA) is 113 Å². The molecular formula is C25H26F2N4O5. The maximum Gasteiger partial charge on any atom is 0.274 e. The molecule has 36 heavy (non-hydrogen) atoms. The third kappa shape index (κ3) is 3.48. The Morgan fingerprint density at radius 1 is 1.33 bits per heavy atom. The van der Waals surface area contributed by atoms with E-state index in [1.165, 1.54) is 28.5 Å². The van der Waals surface area contributed by atoms with Gasteiger partial charge in [-0.3, -0.25) is 14.4 Å². The Kier molecular flexibility index (Phi) is 5.60. The number of aromatic hydroxyl groups is 1. The first-order valence-corrected chi connectivity index (χ1v) is 11.7. The third-order valence-electron chi connectivity index (χ3n) is 7.48. The minimum atomic E-state index is -1.58. The number of carbonyl (C=O) groups excluding carboxylic acids is 2. The van der Waals surface area contributed by atoms with Gasteiger partial charge in [-0.05, 0) is 45.2 Å². The number of aryl methyl sites for hydroxylation is 1. The second-order valence-corrected chi connectivity index (χ2v) is 9.76. The van der Waals surface area contributed by atoms with Crippen molar-refractivity contribution in [3.05, 3.63) is 62.8 Å². The Balaban J connectivity index is 1.57. The van der Waals surface area contributed by atoms with Crippen LogP contribution in [0.1, 0.15) is 64.7 Å². The van der Waals surface area contributed by atoms with Crippen molar-refractivity contribution in [1.29, 1.82) is 0 Å². The summed E-state index contributed by atoms with van der Waals surface area (Å²) in [6.07, 6.45) is 0.213. The summed E-state index contributed by atoms with van der Waals surface area (Å²) in [5, 5.41) is 17.1. The number of nitrogens with one attached hydrogen (secondary N) is 1. The van der Waals surface area contributed by atoms with Crippen LogP contribution >= 0.6 is 0 Å². The molecule has 1 saturated heterocycles. The largest absolute Gasteiger partial charge is 0.503 e. The van der Waals surface area contributed by atoms with Crippen LogP contribution in [-0.2, 0) is 11.4 Å². The van der Waals surface area contributed by atoms with Crippen molar-refractivity contribution in [2.24, 2.45) is 5.16 Å². The van der Waals surface area contributed by atoms with E-state index in [1.54, 1.807) is 19.9 Å². The molecule has 3 aliphatic rings. The molecule has 5 rings (SSSR count). The normalized spacial score (nSPS) is 26.8. The van der Waals surface area contributed by atoms with E-state index in [1.807, 2.05) is 0 Å². The van der Waals surface area contributed by atoms with E-state index in [9.17, 15) is 23.9 Å².